The molecule has 1 N–H and O–H groups in total. The second kappa shape index (κ2) is 3.39. The van der Waals surface area contributed by atoms with E-state index in [1.165, 1.54) is 0 Å². The monoisotopic (exact) mass is 157 g/mol. The van der Waals surface area contributed by atoms with Crippen LogP contribution < -0.4 is 0 Å². The summed E-state index contributed by atoms with van der Waals surface area (Å²) in [7, 11) is 1.66. The molecule has 4 heteroatoms. The molecular weight excluding hydrogens is 146 g/mol. The van der Waals surface area contributed by atoms with Crippen LogP contribution in [0.1, 0.15) is 0 Å². The van der Waals surface area contributed by atoms with Gasteiger partial charge in [-0.2, -0.15) is 0 Å². The van der Waals surface area contributed by atoms with Crippen molar-refractivity contribution in [2.45, 2.75) is 6.10 Å². The Morgan fingerprint density at radius 1 is 1.73 bits per heavy atom. The minimum absolute atomic E-state index is 0.272. The van der Waals surface area contributed by atoms with Gasteiger partial charge in [0.2, 0.25) is 0 Å². The highest BCUT2D eigenvalue weighted by molar-refractivity contribution is 5.79. The van der Waals surface area contributed by atoms with Crippen LogP contribution in [0.5, 0.6) is 0 Å². The molecule has 0 aromatic heterocycles. The van der Waals surface area contributed by atoms with Gasteiger partial charge in [-0.25, -0.2) is 4.79 Å². The molecule has 0 atom stereocenters. The maximum absolute atomic E-state index is 10.1. The van der Waals surface area contributed by atoms with Gasteiger partial charge in [-0.3, -0.25) is 0 Å². The number of nitrogens with zero attached hydrogens (tertiary/aromatic N) is 1. The van der Waals surface area contributed by atoms with E-state index in [9.17, 15) is 4.79 Å². The van der Waals surface area contributed by atoms with Crippen molar-refractivity contribution in [3.63, 3.8) is 0 Å². The molecule has 1 aliphatic rings. The molecule has 1 saturated heterocycles. The first-order valence-electron chi connectivity index (χ1n) is 3.40. The van der Waals surface area contributed by atoms with Crippen LogP contribution in [0.3, 0.4) is 0 Å². The van der Waals surface area contributed by atoms with Gasteiger partial charge in [-0.15, -0.1) is 0 Å². The predicted molar refractivity (Wildman–Crippen MR) is 39.1 cm³/mol. The summed E-state index contributed by atoms with van der Waals surface area (Å²) in [6.07, 6.45) is 2.97. The van der Waals surface area contributed by atoms with Crippen LogP contribution in [-0.4, -0.2) is 42.3 Å². The third kappa shape index (κ3) is 2.23. The van der Waals surface area contributed by atoms with Gasteiger partial charge in [-0.1, -0.05) is 0 Å². The van der Waals surface area contributed by atoms with Crippen molar-refractivity contribution in [3.8, 4) is 0 Å². The van der Waals surface area contributed by atoms with Crippen LogP contribution in [0.15, 0.2) is 12.3 Å². The van der Waals surface area contributed by atoms with E-state index in [0.717, 1.165) is 19.2 Å². The molecule has 4 nitrogen and oxygen atoms in total. The standard InChI is InChI=1S/C7H11NO3/c1-11-6-4-8(5-6)3-2-7(9)10/h2-3,6H,4-5H2,1H3,(H,9,10)/b3-2+. The Hall–Kier alpha value is -1.03. The fourth-order valence-electron chi connectivity index (χ4n) is 0.910. The van der Waals surface area contributed by atoms with Gasteiger partial charge in [0.25, 0.3) is 0 Å². The van der Waals surface area contributed by atoms with Gasteiger partial charge in [0.15, 0.2) is 0 Å². The summed E-state index contributed by atoms with van der Waals surface area (Å²) in [4.78, 5) is 11.9. The smallest absolute Gasteiger partial charge is 0.329 e. The first-order chi connectivity index (χ1) is 5.22. The van der Waals surface area contributed by atoms with Crippen LogP contribution in [-0.2, 0) is 9.53 Å². The van der Waals surface area contributed by atoms with Crippen molar-refractivity contribution in [2.75, 3.05) is 20.2 Å². The normalized spacial score (nSPS) is 18.8. The van der Waals surface area contributed by atoms with Crippen molar-refractivity contribution in [3.05, 3.63) is 12.3 Å². The minimum atomic E-state index is -0.911. The zero-order valence-corrected chi connectivity index (χ0v) is 6.36. The van der Waals surface area contributed by atoms with E-state index in [1.807, 2.05) is 4.90 Å². The molecule has 1 rings (SSSR count). The molecule has 0 amide bonds. The summed E-state index contributed by atoms with van der Waals surface area (Å²) in [6, 6.07) is 0. The number of carboxylic acids is 1. The number of likely N-dealkylation sites (tertiary alicyclic amines) is 1. The van der Waals surface area contributed by atoms with Gasteiger partial charge in [0.05, 0.1) is 6.10 Å². The second-order valence-electron chi connectivity index (χ2n) is 2.47. The van der Waals surface area contributed by atoms with Crippen molar-refractivity contribution < 1.29 is 14.6 Å². The third-order valence-corrected chi connectivity index (χ3v) is 1.64. The summed E-state index contributed by atoms with van der Waals surface area (Å²) in [6.45, 7) is 1.58. The highest BCUT2D eigenvalue weighted by atomic mass is 16.5. The highest BCUT2D eigenvalue weighted by Gasteiger charge is 2.23. The molecule has 0 bridgehead atoms. The Balaban J connectivity index is 2.18. The molecule has 0 radical (unpaired) electrons. The number of carbonyl (C=O) groups is 1. The fourth-order valence-corrected chi connectivity index (χ4v) is 0.910. The van der Waals surface area contributed by atoms with Gasteiger partial charge < -0.3 is 14.7 Å². The number of carboxylic acid groups (broad SMARTS) is 1. The quantitative estimate of drug-likeness (QED) is 0.582. The maximum atomic E-state index is 10.1. The lowest BCUT2D eigenvalue weighted by Gasteiger charge is -2.37. The number of aliphatic carboxylic acids is 1. The first kappa shape index (κ1) is 8.07. The zero-order valence-electron chi connectivity index (χ0n) is 6.36. The van der Waals surface area contributed by atoms with E-state index in [0.29, 0.717) is 0 Å². The molecule has 0 aromatic rings. The number of ether oxygens (including phenoxy) is 1. The summed E-state index contributed by atoms with van der Waals surface area (Å²) in [5.41, 5.74) is 0. The molecule has 62 valence electrons. The van der Waals surface area contributed by atoms with E-state index >= 15 is 0 Å². The molecule has 1 heterocycles. The van der Waals surface area contributed by atoms with Crippen molar-refractivity contribution in [1.82, 2.24) is 4.90 Å². The van der Waals surface area contributed by atoms with Gasteiger partial charge in [-0.05, 0) is 0 Å². The Kier molecular flexibility index (Phi) is 2.48. The number of methoxy groups -OCH3 is 1. The highest BCUT2D eigenvalue weighted by Crippen LogP contribution is 2.10. The average molecular weight is 157 g/mol. The van der Waals surface area contributed by atoms with E-state index < -0.39 is 5.97 Å². The van der Waals surface area contributed by atoms with Crippen molar-refractivity contribution >= 4 is 5.97 Å². The molecular formula is C7H11NO3. The zero-order chi connectivity index (χ0) is 8.27. The van der Waals surface area contributed by atoms with E-state index in [2.05, 4.69) is 0 Å². The number of rotatable bonds is 3. The summed E-state index contributed by atoms with van der Waals surface area (Å²) < 4.78 is 5.00. The average Bonchev–Trinajstić information content (AvgIpc) is 1.84. The predicted octanol–water partition coefficient (Wildman–Crippen LogP) is -0.0847. The van der Waals surface area contributed by atoms with Gasteiger partial charge >= 0.3 is 5.97 Å². The van der Waals surface area contributed by atoms with Crippen molar-refractivity contribution in [1.29, 1.82) is 0 Å². The lowest BCUT2D eigenvalue weighted by molar-refractivity contribution is -0.131. The van der Waals surface area contributed by atoms with Crippen LogP contribution in [0.25, 0.3) is 0 Å². The molecule has 0 unspecified atom stereocenters. The molecule has 0 spiro atoms. The SMILES string of the molecule is COC1CN(/C=C/C(=O)O)C1. The minimum Gasteiger partial charge on any atom is -0.478 e. The lowest BCUT2D eigenvalue weighted by atomic mass is 10.2. The van der Waals surface area contributed by atoms with Crippen LogP contribution in [0.2, 0.25) is 0 Å². The molecule has 11 heavy (non-hydrogen) atoms. The number of hydrogen-bond donors (Lipinski definition) is 1. The van der Waals surface area contributed by atoms with Crippen LogP contribution in [0, 0.1) is 0 Å². The molecule has 0 saturated carbocycles. The molecule has 0 aliphatic carbocycles. The Labute approximate surface area is 65.1 Å². The topological polar surface area (TPSA) is 49.8 Å². The van der Waals surface area contributed by atoms with E-state index in [1.54, 1.807) is 13.3 Å². The molecule has 1 fully saturated rings. The fraction of sp³-hybridized carbons (Fsp3) is 0.571. The molecule has 1 aliphatic heterocycles. The largest absolute Gasteiger partial charge is 0.478 e. The van der Waals surface area contributed by atoms with Gasteiger partial charge in [0.1, 0.15) is 0 Å². The maximum Gasteiger partial charge on any atom is 0.329 e. The number of hydrogen-bond acceptors (Lipinski definition) is 3. The molecule has 0 aromatic carbocycles. The lowest BCUT2D eigenvalue weighted by Crippen LogP contribution is -2.48. The summed E-state index contributed by atoms with van der Waals surface area (Å²) in [5.74, 6) is -0.911. The van der Waals surface area contributed by atoms with Crippen LogP contribution in [0.4, 0.5) is 0 Å². The van der Waals surface area contributed by atoms with E-state index in [-0.39, 0.29) is 6.10 Å². The first-order valence-corrected chi connectivity index (χ1v) is 3.40. The Morgan fingerprint density at radius 3 is 2.82 bits per heavy atom. The van der Waals surface area contributed by atoms with E-state index in [4.69, 9.17) is 9.84 Å². The Bertz CT molecular complexity index is 173. The summed E-state index contributed by atoms with van der Waals surface area (Å²) >= 11 is 0. The third-order valence-electron chi connectivity index (χ3n) is 1.64. The van der Waals surface area contributed by atoms with Gasteiger partial charge in [0, 0.05) is 32.5 Å². The van der Waals surface area contributed by atoms with Crippen LogP contribution >= 0.6 is 0 Å². The second-order valence-corrected chi connectivity index (χ2v) is 2.47. The summed E-state index contributed by atoms with van der Waals surface area (Å²) in [5, 5.41) is 8.26. The Morgan fingerprint density at radius 2 is 2.36 bits per heavy atom. The van der Waals surface area contributed by atoms with Crippen molar-refractivity contribution in [2.24, 2.45) is 0 Å².